The molecule has 3 nitrogen and oxygen atoms in total. The zero-order chi connectivity index (χ0) is 14.9. The number of aliphatic hydroxyl groups excluding tert-OH is 1. The van der Waals surface area contributed by atoms with Crippen molar-refractivity contribution in [2.45, 2.75) is 11.0 Å². The van der Waals surface area contributed by atoms with E-state index in [2.05, 4.69) is 0 Å². The molecule has 1 atom stereocenters. The van der Waals surface area contributed by atoms with Crippen molar-refractivity contribution in [3.8, 4) is 0 Å². The Kier molecular flexibility index (Phi) is 3.87. The van der Waals surface area contributed by atoms with E-state index in [1.165, 1.54) is 24.3 Å². The molecule has 0 aliphatic rings. The fraction of sp³-hybridized carbons (Fsp3) is 0.143. The molecule has 0 amide bonds. The summed E-state index contributed by atoms with van der Waals surface area (Å²) in [4.78, 5) is 0.0909. The van der Waals surface area contributed by atoms with Gasteiger partial charge in [0.05, 0.1) is 4.90 Å². The normalized spacial score (nSPS) is 13.2. The summed E-state index contributed by atoms with van der Waals surface area (Å²) in [5.74, 6) is -1.39. The van der Waals surface area contributed by atoms with Crippen LogP contribution in [-0.2, 0) is 9.84 Å². The molecule has 0 bridgehead atoms. The number of hydrogen-bond donors (Lipinski definition) is 1. The molecular weight excluding hydrogens is 286 g/mol. The maximum atomic E-state index is 13.6. The fourth-order valence-corrected chi connectivity index (χ4v) is 2.43. The lowest BCUT2D eigenvalue weighted by atomic mass is 10.0. The number of sulfone groups is 1. The van der Waals surface area contributed by atoms with Crippen LogP contribution in [0, 0.1) is 11.6 Å². The molecule has 2 rings (SSSR count). The second kappa shape index (κ2) is 5.30. The van der Waals surface area contributed by atoms with E-state index < -0.39 is 27.6 Å². The highest BCUT2D eigenvalue weighted by Crippen LogP contribution is 2.25. The molecule has 0 aliphatic carbocycles. The average Bonchev–Trinajstić information content (AvgIpc) is 2.40. The Morgan fingerprint density at radius 1 is 1.05 bits per heavy atom. The Labute approximate surface area is 115 Å². The van der Waals surface area contributed by atoms with E-state index in [4.69, 9.17) is 0 Å². The molecule has 0 aromatic heterocycles. The molecule has 0 spiro atoms. The molecule has 6 heteroatoms. The monoisotopic (exact) mass is 298 g/mol. The van der Waals surface area contributed by atoms with Crippen LogP contribution in [0.3, 0.4) is 0 Å². The van der Waals surface area contributed by atoms with Crippen LogP contribution in [-0.4, -0.2) is 19.8 Å². The number of benzene rings is 2. The molecule has 0 aliphatic heterocycles. The number of aliphatic hydroxyl groups is 1. The van der Waals surface area contributed by atoms with E-state index >= 15 is 0 Å². The Bertz CT molecular complexity index is 725. The molecule has 2 aromatic carbocycles. The molecule has 2 aromatic rings. The zero-order valence-corrected chi connectivity index (χ0v) is 11.4. The first-order chi connectivity index (χ1) is 9.29. The summed E-state index contributed by atoms with van der Waals surface area (Å²) in [6.07, 6.45) is -0.302. The predicted octanol–water partition coefficient (Wildman–Crippen LogP) is 2.45. The maximum Gasteiger partial charge on any atom is 0.175 e. The highest BCUT2D eigenvalue weighted by atomic mass is 32.2. The second-order valence-corrected chi connectivity index (χ2v) is 6.43. The third-order valence-corrected chi connectivity index (χ3v) is 4.01. The third kappa shape index (κ3) is 3.02. The van der Waals surface area contributed by atoms with E-state index in [9.17, 15) is 22.3 Å². The lowest BCUT2D eigenvalue weighted by Crippen LogP contribution is -2.04. The Morgan fingerprint density at radius 3 is 2.20 bits per heavy atom. The second-order valence-electron chi connectivity index (χ2n) is 4.41. The minimum Gasteiger partial charge on any atom is -0.384 e. The van der Waals surface area contributed by atoms with Gasteiger partial charge in [0.1, 0.15) is 17.7 Å². The van der Waals surface area contributed by atoms with Gasteiger partial charge in [0, 0.05) is 11.8 Å². The Hall–Kier alpha value is -1.79. The van der Waals surface area contributed by atoms with Crippen molar-refractivity contribution in [2.24, 2.45) is 0 Å². The minimum atomic E-state index is -3.34. The number of halogens is 2. The first kappa shape index (κ1) is 14.6. The summed E-state index contributed by atoms with van der Waals surface area (Å²) >= 11 is 0. The van der Waals surface area contributed by atoms with Crippen molar-refractivity contribution in [3.05, 3.63) is 65.2 Å². The van der Waals surface area contributed by atoms with Crippen LogP contribution >= 0.6 is 0 Å². The molecule has 106 valence electrons. The fourth-order valence-electron chi connectivity index (χ4n) is 1.80. The minimum absolute atomic E-state index is 0.0909. The van der Waals surface area contributed by atoms with Crippen molar-refractivity contribution in [3.63, 3.8) is 0 Å². The predicted molar refractivity (Wildman–Crippen MR) is 70.0 cm³/mol. The third-order valence-electron chi connectivity index (χ3n) is 2.88. The molecule has 0 radical (unpaired) electrons. The summed E-state index contributed by atoms with van der Waals surface area (Å²) < 4.78 is 49.3. The van der Waals surface area contributed by atoms with Crippen molar-refractivity contribution in [2.75, 3.05) is 6.26 Å². The summed E-state index contributed by atoms with van der Waals surface area (Å²) in [6, 6.07) is 8.15. The molecular formula is C14H12F2O3S. The molecule has 0 saturated heterocycles. The van der Waals surface area contributed by atoms with Crippen LogP contribution in [0.4, 0.5) is 8.78 Å². The van der Waals surface area contributed by atoms with Gasteiger partial charge in [0.2, 0.25) is 0 Å². The van der Waals surface area contributed by atoms with E-state index in [0.29, 0.717) is 0 Å². The van der Waals surface area contributed by atoms with Gasteiger partial charge in [0.15, 0.2) is 9.84 Å². The lowest BCUT2D eigenvalue weighted by Gasteiger charge is -2.13. The molecule has 20 heavy (non-hydrogen) atoms. The van der Waals surface area contributed by atoms with Crippen LogP contribution in [0.5, 0.6) is 0 Å². The van der Waals surface area contributed by atoms with Gasteiger partial charge in [-0.05, 0) is 35.9 Å². The largest absolute Gasteiger partial charge is 0.384 e. The number of hydrogen-bond acceptors (Lipinski definition) is 3. The van der Waals surface area contributed by atoms with Crippen LogP contribution in [0.25, 0.3) is 0 Å². The highest BCUT2D eigenvalue weighted by Gasteiger charge is 2.16. The van der Waals surface area contributed by atoms with Crippen molar-refractivity contribution in [1.29, 1.82) is 0 Å². The van der Waals surface area contributed by atoms with Crippen molar-refractivity contribution >= 4 is 9.84 Å². The number of rotatable bonds is 3. The smallest absolute Gasteiger partial charge is 0.175 e. The van der Waals surface area contributed by atoms with Crippen LogP contribution in [0.2, 0.25) is 0 Å². The molecule has 0 fully saturated rings. The topological polar surface area (TPSA) is 54.4 Å². The molecule has 1 unspecified atom stereocenters. The summed E-state index contributed by atoms with van der Waals surface area (Å²) in [7, 11) is -3.34. The van der Waals surface area contributed by atoms with Gasteiger partial charge in [-0.1, -0.05) is 12.1 Å². The van der Waals surface area contributed by atoms with Gasteiger partial charge in [-0.15, -0.1) is 0 Å². The van der Waals surface area contributed by atoms with Crippen molar-refractivity contribution < 1.29 is 22.3 Å². The maximum absolute atomic E-state index is 13.6. The summed E-state index contributed by atoms with van der Waals surface area (Å²) in [5.41, 5.74) is 0.0824. The summed E-state index contributed by atoms with van der Waals surface area (Å²) in [6.45, 7) is 0. The van der Waals surface area contributed by atoms with Crippen LogP contribution < -0.4 is 0 Å². The van der Waals surface area contributed by atoms with Gasteiger partial charge in [-0.25, -0.2) is 17.2 Å². The van der Waals surface area contributed by atoms with Gasteiger partial charge < -0.3 is 5.11 Å². The summed E-state index contributed by atoms with van der Waals surface area (Å²) in [5, 5.41) is 10.0. The van der Waals surface area contributed by atoms with Gasteiger partial charge in [0.25, 0.3) is 0 Å². The van der Waals surface area contributed by atoms with E-state index in [-0.39, 0.29) is 16.0 Å². The van der Waals surface area contributed by atoms with Crippen LogP contribution in [0.15, 0.2) is 47.4 Å². The first-order valence-electron chi connectivity index (χ1n) is 5.72. The van der Waals surface area contributed by atoms with E-state index in [1.54, 1.807) is 0 Å². The quantitative estimate of drug-likeness (QED) is 0.947. The first-order valence-corrected chi connectivity index (χ1v) is 7.61. The zero-order valence-electron chi connectivity index (χ0n) is 10.5. The lowest BCUT2D eigenvalue weighted by molar-refractivity contribution is 0.214. The standard InChI is InChI=1S/C14H12F2O3S/c1-20(18,19)11-5-2-9(3-6-11)14(17)12-8-10(15)4-7-13(12)16/h2-8,14,17H,1H3. The van der Waals surface area contributed by atoms with Crippen LogP contribution in [0.1, 0.15) is 17.2 Å². The van der Waals surface area contributed by atoms with Crippen molar-refractivity contribution in [1.82, 2.24) is 0 Å². The Morgan fingerprint density at radius 2 is 1.65 bits per heavy atom. The Balaban J connectivity index is 2.39. The van der Waals surface area contributed by atoms with E-state index in [1.807, 2.05) is 0 Å². The van der Waals surface area contributed by atoms with Gasteiger partial charge in [-0.3, -0.25) is 0 Å². The SMILES string of the molecule is CS(=O)(=O)c1ccc(C(O)c2cc(F)ccc2F)cc1. The van der Waals surface area contributed by atoms with E-state index in [0.717, 1.165) is 24.5 Å². The molecule has 0 saturated carbocycles. The van der Waals surface area contributed by atoms with Gasteiger partial charge >= 0.3 is 0 Å². The average molecular weight is 298 g/mol. The van der Waals surface area contributed by atoms with Gasteiger partial charge in [-0.2, -0.15) is 0 Å². The molecule has 1 N–H and O–H groups in total. The molecule has 0 heterocycles. The highest BCUT2D eigenvalue weighted by molar-refractivity contribution is 7.90.